The van der Waals surface area contributed by atoms with E-state index in [1.54, 1.807) is 0 Å². The highest BCUT2D eigenvalue weighted by molar-refractivity contribution is 5.89. The van der Waals surface area contributed by atoms with E-state index in [0.29, 0.717) is 12.4 Å². The highest BCUT2D eigenvalue weighted by Gasteiger charge is 2.14. The molecule has 0 saturated carbocycles. The molecule has 2 heterocycles. The summed E-state index contributed by atoms with van der Waals surface area (Å²) in [5.74, 6) is -1.46. The minimum absolute atomic E-state index is 0.116. The fourth-order valence-electron chi connectivity index (χ4n) is 2.16. The molecule has 7 nitrogen and oxygen atoms in total. The van der Waals surface area contributed by atoms with Gasteiger partial charge in [-0.05, 0) is 25.1 Å². The summed E-state index contributed by atoms with van der Waals surface area (Å²) >= 11 is 0. The van der Waals surface area contributed by atoms with Gasteiger partial charge in [0.25, 0.3) is 0 Å². The predicted octanol–water partition coefficient (Wildman–Crippen LogP) is 2.08. The molecule has 124 valence electrons. The van der Waals surface area contributed by atoms with E-state index >= 15 is 0 Å². The molecule has 24 heavy (non-hydrogen) atoms. The van der Waals surface area contributed by atoms with Crippen LogP contribution in [0, 0.1) is 11.6 Å². The number of carbonyl (C=O) groups excluding carboxylic acids is 1. The SMILES string of the molecule is CCn1ncc(NC(=O)Cn2ccc(-c3c(F)cccc3F)n2)n1. The number of benzene rings is 1. The van der Waals surface area contributed by atoms with Crippen molar-refractivity contribution in [3.8, 4) is 11.3 Å². The molecule has 0 aliphatic carbocycles. The molecule has 3 rings (SSSR count). The highest BCUT2D eigenvalue weighted by atomic mass is 19.1. The van der Waals surface area contributed by atoms with Crippen LogP contribution in [-0.2, 0) is 17.9 Å². The first kappa shape index (κ1) is 15.8. The van der Waals surface area contributed by atoms with Gasteiger partial charge in [0, 0.05) is 6.20 Å². The van der Waals surface area contributed by atoms with Gasteiger partial charge in [0.1, 0.15) is 18.2 Å². The molecule has 2 aromatic heterocycles. The van der Waals surface area contributed by atoms with Crippen molar-refractivity contribution < 1.29 is 13.6 Å². The number of carbonyl (C=O) groups is 1. The molecule has 0 fully saturated rings. The van der Waals surface area contributed by atoms with Crippen molar-refractivity contribution in [1.82, 2.24) is 24.8 Å². The van der Waals surface area contributed by atoms with Gasteiger partial charge in [0.2, 0.25) is 5.91 Å². The van der Waals surface area contributed by atoms with E-state index in [-0.39, 0.29) is 23.7 Å². The van der Waals surface area contributed by atoms with Crippen LogP contribution in [0.3, 0.4) is 0 Å². The lowest BCUT2D eigenvalue weighted by Gasteiger charge is -2.03. The Balaban J connectivity index is 1.71. The number of amides is 1. The van der Waals surface area contributed by atoms with Crippen molar-refractivity contribution in [1.29, 1.82) is 0 Å². The Bertz CT molecular complexity index is 852. The van der Waals surface area contributed by atoms with Gasteiger partial charge in [-0.15, -0.1) is 5.10 Å². The summed E-state index contributed by atoms with van der Waals surface area (Å²) in [6.45, 7) is 2.35. The molecule has 0 aliphatic rings. The molecule has 0 aliphatic heterocycles. The number of halogens is 2. The van der Waals surface area contributed by atoms with Crippen LogP contribution in [0.25, 0.3) is 11.3 Å². The lowest BCUT2D eigenvalue weighted by atomic mass is 10.1. The smallest absolute Gasteiger partial charge is 0.247 e. The Morgan fingerprint density at radius 1 is 1.21 bits per heavy atom. The number of anilines is 1. The molecule has 9 heteroatoms. The van der Waals surface area contributed by atoms with E-state index < -0.39 is 11.6 Å². The zero-order chi connectivity index (χ0) is 17.1. The first-order chi connectivity index (χ1) is 11.6. The molecule has 1 aromatic carbocycles. The maximum absolute atomic E-state index is 13.7. The molecule has 1 amide bonds. The number of aryl methyl sites for hydroxylation is 1. The Morgan fingerprint density at radius 2 is 1.96 bits per heavy atom. The summed E-state index contributed by atoms with van der Waals surface area (Å²) in [5.41, 5.74) is -0.0992. The van der Waals surface area contributed by atoms with E-state index in [2.05, 4.69) is 20.6 Å². The lowest BCUT2D eigenvalue weighted by Crippen LogP contribution is -2.19. The van der Waals surface area contributed by atoms with Gasteiger partial charge in [0.05, 0.1) is 24.0 Å². The second kappa shape index (κ2) is 6.57. The van der Waals surface area contributed by atoms with Crippen LogP contribution < -0.4 is 5.32 Å². The Labute approximate surface area is 135 Å². The third kappa shape index (κ3) is 3.29. The van der Waals surface area contributed by atoms with Crippen molar-refractivity contribution in [2.45, 2.75) is 20.0 Å². The van der Waals surface area contributed by atoms with Gasteiger partial charge in [0.15, 0.2) is 5.82 Å². The maximum Gasteiger partial charge on any atom is 0.247 e. The van der Waals surface area contributed by atoms with Crippen molar-refractivity contribution in [2.75, 3.05) is 5.32 Å². The van der Waals surface area contributed by atoms with E-state index in [0.717, 1.165) is 12.1 Å². The summed E-state index contributed by atoms with van der Waals surface area (Å²) in [4.78, 5) is 13.4. The average Bonchev–Trinajstić information content (AvgIpc) is 3.17. The molecule has 3 aromatic rings. The zero-order valence-electron chi connectivity index (χ0n) is 12.8. The quantitative estimate of drug-likeness (QED) is 0.776. The van der Waals surface area contributed by atoms with Gasteiger partial charge >= 0.3 is 0 Å². The third-order valence-electron chi connectivity index (χ3n) is 3.25. The Kier molecular flexibility index (Phi) is 4.32. The van der Waals surface area contributed by atoms with Crippen LogP contribution in [0.5, 0.6) is 0 Å². The van der Waals surface area contributed by atoms with Crippen LogP contribution in [0.2, 0.25) is 0 Å². The Hall–Kier alpha value is -3.10. The molecule has 0 spiro atoms. The second-order valence-electron chi connectivity index (χ2n) is 4.96. The number of rotatable bonds is 5. The molecule has 0 saturated heterocycles. The van der Waals surface area contributed by atoms with Crippen LogP contribution in [0.1, 0.15) is 6.92 Å². The van der Waals surface area contributed by atoms with Gasteiger partial charge < -0.3 is 5.32 Å². The Morgan fingerprint density at radius 3 is 2.62 bits per heavy atom. The molecule has 0 radical (unpaired) electrons. The monoisotopic (exact) mass is 332 g/mol. The van der Waals surface area contributed by atoms with Crippen LogP contribution >= 0.6 is 0 Å². The minimum Gasteiger partial charge on any atom is -0.306 e. The van der Waals surface area contributed by atoms with Gasteiger partial charge in [-0.3, -0.25) is 9.48 Å². The van der Waals surface area contributed by atoms with Crippen molar-refractivity contribution in [3.63, 3.8) is 0 Å². The van der Waals surface area contributed by atoms with Crippen LogP contribution in [0.4, 0.5) is 14.6 Å². The molecule has 0 bridgehead atoms. The standard InChI is InChI=1S/C15H14F2N6O/c1-2-23-18-8-13(21-23)19-14(24)9-22-7-6-12(20-22)15-10(16)4-3-5-11(15)17/h3-8H,2,9H2,1H3,(H,19,21,24). The van der Waals surface area contributed by atoms with Gasteiger partial charge in [-0.25, -0.2) is 8.78 Å². The number of nitrogens with one attached hydrogen (secondary N) is 1. The van der Waals surface area contributed by atoms with Crippen molar-refractivity contribution >= 4 is 11.7 Å². The van der Waals surface area contributed by atoms with E-state index in [1.807, 2.05) is 6.92 Å². The fourth-order valence-corrected chi connectivity index (χ4v) is 2.16. The molecule has 1 N–H and O–H groups in total. The number of hydrogen-bond acceptors (Lipinski definition) is 4. The van der Waals surface area contributed by atoms with Crippen LogP contribution in [0.15, 0.2) is 36.7 Å². The maximum atomic E-state index is 13.7. The van der Waals surface area contributed by atoms with E-state index in [1.165, 1.54) is 34.0 Å². The summed E-state index contributed by atoms with van der Waals surface area (Å²) in [7, 11) is 0. The summed E-state index contributed by atoms with van der Waals surface area (Å²) in [6.07, 6.45) is 2.91. The highest BCUT2D eigenvalue weighted by Crippen LogP contribution is 2.23. The number of aromatic nitrogens is 5. The molecular weight excluding hydrogens is 318 g/mol. The lowest BCUT2D eigenvalue weighted by molar-refractivity contribution is -0.116. The molecule has 0 unspecified atom stereocenters. The largest absolute Gasteiger partial charge is 0.306 e. The first-order valence-electron chi connectivity index (χ1n) is 7.24. The van der Waals surface area contributed by atoms with Crippen molar-refractivity contribution in [2.24, 2.45) is 0 Å². The topological polar surface area (TPSA) is 77.6 Å². The predicted molar refractivity (Wildman–Crippen MR) is 81.9 cm³/mol. The molecular formula is C15H14F2N6O. The minimum atomic E-state index is -0.708. The fraction of sp³-hybridized carbons (Fsp3) is 0.200. The molecule has 0 atom stereocenters. The van der Waals surface area contributed by atoms with Gasteiger partial charge in [-0.1, -0.05) is 6.07 Å². The first-order valence-corrected chi connectivity index (χ1v) is 7.24. The summed E-state index contributed by atoms with van der Waals surface area (Å²) < 4.78 is 28.8. The van der Waals surface area contributed by atoms with Gasteiger partial charge in [-0.2, -0.15) is 15.0 Å². The third-order valence-corrected chi connectivity index (χ3v) is 3.25. The van der Waals surface area contributed by atoms with E-state index in [4.69, 9.17) is 0 Å². The second-order valence-corrected chi connectivity index (χ2v) is 4.96. The van der Waals surface area contributed by atoms with E-state index in [9.17, 15) is 13.6 Å². The summed E-state index contributed by atoms with van der Waals surface area (Å²) in [6, 6.07) is 5.03. The average molecular weight is 332 g/mol. The normalized spacial score (nSPS) is 10.8. The summed E-state index contributed by atoms with van der Waals surface area (Å²) in [5, 5.41) is 14.6. The number of hydrogen-bond donors (Lipinski definition) is 1. The zero-order valence-corrected chi connectivity index (χ0v) is 12.8. The van der Waals surface area contributed by atoms with Crippen LogP contribution in [-0.4, -0.2) is 30.7 Å². The van der Waals surface area contributed by atoms with Crippen molar-refractivity contribution in [3.05, 3.63) is 48.3 Å². The number of nitrogens with zero attached hydrogens (tertiary/aromatic N) is 5.